The Morgan fingerprint density at radius 2 is 0.462 bits per heavy atom. The molecule has 0 bridgehead atoms. The SMILES string of the molecule is CCCC[N+](CCCC)(CCCC)CCCC.CCCC[N+](CCCC)(CCCC)CCCC.[O-][Si]([O-])(F)F. The number of nitrogens with zero attached hydrogens (tertiary/aromatic N) is 2. The van der Waals surface area contributed by atoms with Crippen LogP contribution in [0.15, 0.2) is 0 Å². The van der Waals surface area contributed by atoms with Crippen LogP contribution in [0, 0.1) is 0 Å². The summed E-state index contributed by atoms with van der Waals surface area (Å²) in [6, 6.07) is 0. The van der Waals surface area contributed by atoms with E-state index in [0.717, 1.165) is 0 Å². The van der Waals surface area contributed by atoms with Crippen LogP contribution >= 0.6 is 0 Å². The molecule has 0 aliphatic heterocycles. The third-order valence-electron chi connectivity index (χ3n) is 7.89. The summed E-state index contributed by atoms with van der Waals surface area (Å²) in [5.41, 5.74) is 0. The number of unbranched alkanes of at least 4 members (excludes halogenated alkanes) is 8. The summed E-state index contributed by atoms with van der Waals surface area (Å²) in [6.07, 6.45) is 22.1. The largest absolute Gasteiger partial charge is 0.821 e. The van der Waals surface area contributed by atoms with Crippen LogP contribution in [-0.4, -0.2) is 70.6 Å². The fourth-order valence-electron chi connectivity index (χ4n) is 5.29. The Bertz CT molecular complexity index is 363. The van der Waals surface area contributed by atoms with Gasteiger partial charge in [-0.25, -0.2) is 0 Å². The highest BCUT2D eigenvalue weighted by atomic mass is 28.5. The van der Waals surface area contributed by atoms with Gasteiger partial charge in [-0.2, -0.15) is 0 Å². The van der Waals surface area contributed by atoms with E-state index in [9.17, 15) is 8.22 Å². The Hall–Kier alpha value is -0.0831. The van der Waals surface area contributed by atoms with Gasteiger partial charge >= 0.3 is 0 Å². The van der Waals surface area contributed by atoms with Gasteiger partial charge in [0.05, 0.1) is 52.4 Å². The van der Waals surface area contributed by atoms with Gasteiger partial charge < -0.3 is 26.8 Å². The van der Waals surface area contributed by atoms with Gasteiger partial charge in [0.25, 0.3) is 9.23 Å². The first kappa shape index (κ1) is 43.4. The molecule has 0 fully saturated rings. The number of quaternary nitrogens is 2. The van der Waals surface area contributed by atoms with Crippen LogP contribution in [0.2, 0.25) is 0 Å². The molecule has 0 saturated carbocycles. The van der Waals surface area contributed by atoms with Gasteiger partial charge in [-0.3, -0.25) is 0 Å². The molecule has 0 rings (SSSR count). The second-order valence-corrected chi connectivity index (χ2v) is 12.7. The molecule has 7 heteroatoms. The molecule has 0 N–H and O–H groups in total. The van der Waals surface area contributed by atoms with E-state index in [1.54, 1.807) is 0 Å². The summed E-state index contributed by atoms with van der Waals surface area (Å²) < 4.78 is 22.9. The van der Waals surface area contributed by atoms with Crippen LogP contribution in [0.3, 0.4) is 0 Å². The summed E-state index contributed by atoms with van der Waals surface area (Å²) >= 11 is 0. The summed E-state index contributed by atoms with van der Waals surface area (Å²) in [6.45, 7) is 30.0. The van der Waals surface area contributed by atoms with Gasteiger partial charge in [-0.05, 0) is 51.4 Å². The van der Waals surface area contributed by atoms with Crippen LogP contribution in [0.1, 0.15) is 158 Å². The standard InChI is InChI=1S/2C16H36N.F2O2Si/c2*1-5-9-13-17(14-10-6-2,15-11-7-3)16-12-8-4;1-5(2,3)4/h2*5-16H2,1-4H3;/q2*+1;-2. The van der Waals surface area contributed by atoms with Gasteiger partial charge in [0.15, 0.2) is 0 Å². The summed E-state index contributed by atoms with van der Waals surface area (Å²) in [5.74, 6) is 0. The highest BCUT2D eigenvalue weighted by Gasteiger charge is 2.25. The molecule has 0 aromatic heterocycles. The topological polar surface area (TPSA) is 46.1 Å². The zero-order valence-electron chi connectivity index (χ0n) is 27.9. The second-order valence-electron chi connectivity index (χ2n) is 11.8. The van der Waals surface area contributed by atoms with Gasteiger partial charge in [-0.1, -0.05) is 107 Å². The Kier molecular flexibility index (Phi) is 32.7. The van der Waals surface area contributed by atoms with E-state index in [0.29, 0.717) is 0 Å². The second kappa shape index (κ2) is 29.4. The number of rotatable bonds is 24. The number of hydrogen-bond donors (Lipinski definition) is 0. The van der Waals surface area contributed by atoms with Crippen molar-refractivity contribution < 1.29 is 26.8 Å². The minimum absolute atomic E-state index is 1.35. The van der Waals surface area contributed by atoms with E-state index in [-0.39, 0.29) is 0 Å². The Balaban J connectivity index is -0.000000566. The molecule has 0 aromatic carbocycles. The molecule has 4 nitrogen and oxygen atoms in total. The average molecular weight is 583 g/mol. The molecule has 39 heavy (non-hydrogen) atoms. The van der Waals surface area contributed by atoms with Crippen molar-refractivity contribution in [3.8, 4) is 0 Å². The lowest BCUT2D eigenvalue weighted by Gasteiger charge is -2.39. The fourth-order valence-corrected chi connectivity index (χ4v) is 5.29. The lowest BCUT2D eigenvalue weighted by Crippen LogP contribution is -2.54. The van der Waals surface area contributed by atoms with Crippen molar-refractivity contribution in [3.63, 3.8) is 0 Å². The molecule has 0 saturated heterocycles. The molecule has 0 unspecified atom stereocenters. The van der Waals surface area contributed by atoms with Gasteiger partial charge in [0, 0.05) is 0 Å². The maximum Gasteiger partial charge on any atom is 0.261 e. The van der Waals surface area contributed by atoms with E-state index in [1.807, 2.05) is 0 Å². The Labute approximate surface area is 246 Å². The average Bonchev–Trinajstić information content (AvgIpc) is 2.91. The number of hydrogen-bond acceptors (Lipinski definition) is 2. The predicted molar refractivity (Wildman–Crippen MR) is 167 cm³/mol. The van der Waals surface area contributed by atoms with Crippen molar-refractivity contribution in [1.29, 1.82) is 0 Å². The Morgan fingerprint density at radius 3 is 0.538 bits per heavy atom. The maximum atomic E-state index is 10.0. The molecule has 240 valence electrons. The third-order valence-corrected chi connectivity index (χ3v) is 7.89. The molecule has 0 amide bonds. The minimum Gasteiger partial charge on any atom is -0.821 e. The lowest BCUT2D eigenvalue weighted by molar-refractivity contribution is -0.929. The highest BCUT2D eigenvalue weighted by Crippen LogP contribution is 2.17. The predicted octanol–water partition coefficient (Wildman–Crippen LogP) is 8.09. The molecule has 0 aromatic rings. The smallest absolute Gasteiger partial charge is 0.261 e. The van der Waals surface area contributed by atoms with Crippen LogP contribution in [0.4, 0.5) is 8.22 Å². The first-order chi connectivity index (χ1) is 18.5. The van der Waals surface area contributed by atoms with Gasteiger partial charge in [0.1, 0.15) is 0 Å². The molecule has 0 aliphatic rings. The lowest BCUT2D eigenvalue weighted by atomic mass is 10.1. The Morgan fingerprint density at radius 1 is 0.359 bits per heavy atom. The summed E-state index contributed by atoms with van der Waals surface area (Å²) in [5, 5.41) is 0. The van der Waals surface area contributed by atoms with Gasteiger partial charge in [-0.15, -0.1) is 0 Å². The number of halogens is 2. The van der Waals surface area contributed by atoms with Crippen molar-refractivity contribution in [3.05, 3.63) is 0 Å². The highest BCUT2D eigenvalue weighted by molar-refractivity contribution is 6.44. The third kappa shape index (κ3) is 30.7. The molecule has 0 spiro atoms. The van der Waals surface area contributed by atoms with Crippen LogP contribution in [0.5, 0.6) is 0 Å². The van der Waals surface area contributed by atoms with Crippen LogP contribution < -0.4 is 9.59 Å². The van der Waals surface area contributed by atoms with E-state index < -0.39 is 9.23 Å². The fraction of sp³-hybridized carbons (Fsp3) is 1.00. The molecule has 0 heterocycles. The van der Waals surface area contributed by atoms with Crippen molar-refractivity contribution in [1.82, 2.24) is 0 Å². The van der Waals surface area contributed by atoms with Crippen molar-refractivity contribution in [2.75, 3.05) is 52.4 Å². The first-order valence-corrected chi connectivity index (χ1v) is 18.5. The zero-order chi connectivity index (χ0) is 30.5. The quantitative estimate of drug-likeness (QED) is 0.0656. The van der Waals surface area contributed by atoms with Crippen molar-refractivity contribution >= 4 is 9.23 Å². The van der Waals surface area contributed by atoms with E-state index in [4.69, 9.17) is 9.59 Å². The molecule has 0 atom stereocenters. The maximum absolute atomic E-state index is 10.0. The van der Waals surface area contributed by atoms with Crippen molar-refractivity contribution in [2.45, 2.75) is 158 Å². The van der Waals surface area contributed by atoms with E-state index in [2.05, 4.69) is 55.4 Å². The van der Waals surface area contributed by atoms with Crippen LogP contribution in [0.25, 0.3) is 0 Å². The normalized spacial score (nSPS) is 12.0. The van der Waals surface area contributed by atoms with Crippen LogP contribution in [-0.2, 0) is 0 Å². The van der Waals surface area contributed by atoms with Gasteiger partial charge in [0.2, 0.25) is 0 Å². The van der Waals surface area contributed by atoms with E-state index >= 15 is 0 Å². The summed E-state index contributed by atoms with van der Waals surface area (Å²) in [4.78, 5) is 16.7. The molecular weight excluding hydrogens is 510 g/mol. The van der Waals surface area contributed by atoms with E-state index in [1.165, 1.54) is 164 Å². The van der Waals surface area contributed by atoms with Crippen molar-refractivity contribution in [2.24, 2.45) is 0 Å². The minimum atomic E-state index is -6.11. The first-order valence-electron chi connectivity index (χ1n) is 17.0. The molecular formula is C32H72F2N2O2Si. The summed E-state index contributed by atoms with van der Waals surface area (Å²) in [7, 11) is -6.11. The monoisotopic (exact) mass is 583 g/mol. The molecule has 0 aliphatic carbocycles. The zero-order valence-corrected chi connectivity index (χ0v) is 28.9. The molecule has 0 radical (unpaired) electrons.